The minimum atomic E-state index is 0.555. The van der Waals surface area contributed by atoms with Gasteiger partial charge in [0.05, 0.1) is 5.69 Å². The highest BCUT2D eigenvalue weighted by Gasteiger charge is 2.08. The summed E-state index contributed by atoms with van der Waals surface area (Å²) in [5.41, 5.74) is 9.31. The molecule has 0 bridgehead atoms. The number of aromatic nitrogens is 1. The van der Waals surface area contributed by atoms with Crippen LogP contribution < -0.4 is 10.5 Å². The lowest BCUT2D eigenvalue weighted by Gasteiger charge is -2.07. The third-order valence-corrected chi connectivity index (χ3v) is 3.63. The fourth-order valence-electron chi connectivity index (χ4n) is 2.47. The van der Waals surface area contributed by atoms with Gasteiger partial charge in [-0.15, -0.1) is 0 Å². The van der Waals surface area contributed by atoms with Crippen molar-refractivity contribution in [3.63, 3.8) is 0 Å². The van der Waals surface area contributed by atoms with Crippen molar-refractivity contribution < 1.29 is 4.74 Å². The Bertz CT molecular complexity index is 716. The summed E-state index contributed by atoms with van der Waals surface area (Å²) in [6.45, 7) is 1.11. The minimum absolute atomic E-state index is 0.555. The maximum absolute atomic E-state index is 5.82. The van der Waals surface area contributed by atoms with Gasteiger partial charge in [0, 0.05) is 24.5 Å². The van der Waals surface area contributed by atoms with E-state index in [9.17, 15) is 0 Å². The van der Waals surface area contributed by atoms with Gasteiger partial charge >= 0.3 is 0 Å². The van der Waals surface area contributed by atoms with Crippen molar-refractivity contribution in [2.24, 2.45) is 12.8 Å². The Morgan fingerprint density at radius 2 is 1.85 bits per heavy atom. The van der Waals surface area contributed by atoms with E-state index < -0.39 is 0 Å². The number of nitrogens with two attached hydrogens (primary N) is 1. The molecule has 0 atom stereocenters. The molecule has 0 fully saturated rings. The minimum Gasteiger partial charge on any atom is -0.487 e. The lowest BCUT2D eigenvalue weighted by Crippen LogP contribution is -2.01. The molecule has 0 spiro atoms. The van der Waals surface area contributed by atoms with Crippen molar-refractivity contribution in [3.05, 3.63) is 65.9 Å². The largest absolute Gasteiger partial charge is 0.487 e. The van der Waals surface area contributed by atoms with Crippen LogP contribution in [0.5, 0.6) is 5.75 Å². The number of rotatable bonds is 4. The highest BCUT2D eigenvalue weighted by molar-refractivity contribution is 5.84. The van der Waals surface area contributed by atoms with Gasteiger partial charge in [0.2, 0.25) is 0 Å². The molecular weight excluding hydrogens is 248 g/mol. The summed E-state index contributed by atoms with van der Waals surface area (Å²) in [4.78, 5) is 0. The number of ether oxygens (including phenoxy) is 1. The molecule has 102 valence electrons. The van der Waals surface area contributed by atoms with Crippen LogP contribution in [0.3, 0.4) is 0 Å². The third-order valence-electron chi connectivity index (χ3n) is 3.63. The molecule has 0 aliphatic carbocycles. The first-order valence-corrected chi connectivity index (χ1v) is 6.73. The fourth-order valence-corrected chi connectivity index (χ4v) is 2.47. The van der Waals surface area contributed by atoms with Gasteiger partial charge in [0.15, 0.2) is 0 Å². The predicted octanol–water partition coefficient (Wildman–Crippen LogP) is 3.22. The van der Waals surface area contributed by atoms with Crippen molar-refractivity contribution in [1.82, 2.24) is 4.57 Å². The van der Waals surface area contributed by atoms with Crippen molar-refractivity contribution in [2.45, 2.75) is 13.2 Å². The number of hydrogen-bond donors (Lipinski definition) is 1. The van der Waals surface area contributed by atoms with E-state index in [4.69, 9.17) is 10.5 Å². The molecule has 0 saturated carbocycles. The molecule has 20 heavy (non-hydrogen) atoms. The number of aryl methyl sites for hydroxylation is 1. The van der Waals surface area contributed by atoms with Crippen LogP contribution in [-0.4, -0.2) is 4.57 Å². The average molecular weight is 266 g/mol. The molecular formula is C17H18N2O. The lowest BCUT2D eigenvalue weighted by molar-refractivity contribution is 0.298. The van der Waals surface area contributed by atoms with E-state index in [-0.39, 0.29) is 0 Å². The van der Waals surface area contributed by atoms with Gasteiger partial charge in [-0.2, -0.15) is 0 Å². The van der Waals surface area contributed by atoms with Crippen LogP contribution in [0.25, 0.3) is 10.9 Å². The monoisotopic (exact) mass is 266 g/mol. The van der Waals surface area contributed by atoms with Crippen molar-refractivity contribution in [3.8, 4) is 5.75 Å². The zero-order valence-electron chi connectivity index (χ0n) is 11.5. The highest BCUT2D eigenvalue weighted by Crippen LogP contribution is 2.23. The Balaban J connectivity index is 1.90. The first kappa shape index (κ1) is 12.8. The van der Waals surface area contributed by atoms with Crippen LogP contribution in [0.2, 0.25) is 0 Å². The van der Waals surface area contributed by atoms with Crippen LogP contribution in [0.15, 0.2) is 54.6 Å². The van der Waals surface area contributed by atoms with E-state index in [1.165, 1.54) is 16.5 Å². The highest BCUT2D eigenvalue weighted by atomic mass is 16.5. The number of benzene rings is 2. The van der Waals surface area contributed by atoms with Crippen LogP contribution >= 0.6 is 0 Å². The molecule has 1 aromatic heterocycles. The summed E-state index contributed by atoms with van der Waals surface area (Å²) in [7, 11) is 2.06. The Kier molecular flexibility index (Phi) is 3.44. The SMILES string of the molecule is Cn1c(COc2ccccc2)cc2c(CN)cccc21. The third kappa shape index (κ3) is 2.28. The van der Waals surface area contributed by atoms with Crippen LogP contribution in [0.1, 0.15) is 11.3 Å². The second-order valence-electron chi connectivity index (χ2n) is 4.85. The topological polar surface area (TPSA) is 40.2 Å². The van der Waals surface area contributed by atoms with Gasteiger partial charge in [-0.3, -0.25) is 0 Å². The maximum Gasteiger partial charge on any atom is 0.128 e. The number of hydrogen-bond acceptors (Lipinski definition) is 2. The zero-order valence-corrected chi connectivity index (χ0v) is 11.5. The van der Waals surface area contributed by atoms with Crippen LogP contribution in [0.4, 0.5) is 0 Å². The smallest absolute Gasteiger partial charge is 0.128 e. The molecule has 3 rings (SSSR count). The lowest BCUT2D eigenvalue weighted by atomic mass is 10.1. The first-order chi connectivity index (χ1) is 9.79. The van der Waals surface area contributed by atoms with Gasteiger partial charge < -0.3 is 15.0 Å². The molecule has 0 radical (unpaired) electrons. The summed E-state index contributed by atoms with van der Waals surface area (Å²) in [6, 6.07) is 18.3. The molecule has 0 aliphatic heterocycles. The van der Waals surface area contributed by atoms with Crippen LogP contribution in [0, 0.1) is 0 Å². The van der Waals surface area contributed by atoms with Gasteiger partial charge in [-0.1, -0.05) is 30.3 Å². The standard InChI is InChI=1S/C17H18N2O/c1-19-14(12-20-15-7-3-2-4-8-15)10-16-13(11-18)6-5-9-17(16)19/h2-10H,11-12,18H2,1H3. The van der Waals surface area contributed by atoms with Crippen molar-refractivity contribution in [2.75, 3.05) is 0 Å². The van der Waals surface area contributed by atoms with Gasteiger partial charge in [0.25, 0.3) is 0 Å². The van der Waals surface area contributed by atoms with Gasteiger partial charge in [0.1, 0.15) is 12.4 Å². The Morgan fingerprint density at radius 3 is 2.60 bits per heavy atom. The molecule has 0 amide bonds. The van der Waals surface area contributed by atoms with E-state index in [1.807, 2.05) is 36.4 Å². The maximum atomic E-state index is 5.82. The van der Waals surface area contributed by atoms with E-state index in [0.29, 0.717) is 13.2 Å². The quantitative estimate of drug-likeness (QED) is 0.787. The second kappa shape index (κ2) is 5.39. The average Bonchev–Trinajstić information content (AvgIpc) is 2.83. The molecule has 1 heterocycles. The van der Waals surface area contributed by atoms with E-state index in [0.717, 1.165) is 11.4 Å². The zero-order chi connectivity index (χ0) is 13.9. The first-order valence-electron chi connectivity index (χ1n) is 6.73. The Hall–Kier alpha value is -2.26. The molecule has 2 aromatic carbocycles. The molecule has 3 heteroatoms. The van der Waals surface area contributed by atoms with Crippen molar-refractivity contribution >= 4 is 10.9 Å². The predicted molar refractivity (Wildman–Crippen MR) is 81.6 cm³/mol. The molecule has 3 nitrogen and oxygen atoms in total. The number of para-hydroxylation sites is 1. The van der Waals surface area contributed by atoms with Gasteiger partial charge in [-0.25, -0.2) is 0 Å². The van der Waals surface area contributed by atoms with Gasteiger partial charge in [-0.05, 0) is 29.8 Å². The Morgan fingerprint density at radius 1 is 1.05 bits per heavy atom. The number of nitrogens with zero attached hydrogens (tertiary/aromatic N) is 1. The fraction of sp³-hybridized carbons (Fsp3) is 0.176. The van der Waals surface area contributed by atoms with Crippen LogP contribution in [-0.2, 0) is 20.2 Å². The summed E-state index contributed by atoms with van der Waals surface area (Å²) in [6.07, 6.45) is 0. The number of fused-ring (bicyclic) bond motifs is 1. The van der Waals surface area contributed by atoms with E-state index >= 15 is 0 Å². The van der Waals surface area contributed by atoms with E-state index in [1.54, 1.807) is 0 Å². The van der Waals surface area contributed by atoms with Crippen molar-refractivity contribution in [1.29, 1.82) is 0 Å². The molecule has 3 aromatic rings. The summed E-state index contributed by atoms with van der Waals surface area (Å²) >= 11 is 0. The molecule has 0 saturated heterocycles. The Labute approximate surface area is 118 Å². The van der Waals surface area contributed by atoms with E-state index in [2.05, 4.69) is 29.8 Å². The summed E-state index contributed by atoms with van der Waals surface area (Å²) in [5.74, 6) is 0.886. The normalized spacial score (nSPS) is 10.9. The summed E-state index contributed by atoms with van der Waals surface area (Å²) in [5, 5.41) is 1.21. The molecule has 0 aliphatic rings. The molecule has 2 N–H and O–H groups in total. The molecule has 0 unspecified atom stereocenters. The second-order valence-corrected chi connectivity index (χ2v) is 4.85. The summed E-state index contributed by atoms with van der Waals surface area (Å²) < 4.78 is 7.99.